The summed E-state index contributed by atoms with van der Waals surface area (Å²) in [4.78, 5) is 30.9. The third-order valence-electron chi connectivity index (χ3n) is 6.45. The van der Waals surface area contributed by atoms with Gasteiger partial charge in [-0.25, -0.2) is 9.37 Å². The summed E-state index contributed by atoms with van der Waals surface area (Å²) in [7, 11) is 0. The van der Waals surface area contributed by atoms with Crippen LogP contribution in [0.25, 0.3) is 11.4 Å². The molecule has 37 heavy (non-hydrogen) atoms. The summed E-state index contributed by atoms with van der Waals surface area (Å²) >= 11 is 5.95. The standard InChI is InChI=1S/C26H24ClF4N3O3/c1-13-14(2)33-23(34-24(13)35)21-20(26(29,30)31)7-6-16(22(21)28)11-32-25(36)17-9-19(10-17)37-12-15-4-3-5-18(27)8-15/h3-8,17,19H,9-12H2,1-2H3,(H,32,36)(H,33,34,35). The number of H-pyrrole nitrogens is 1. The first kappa shape index (κ1) is 26.8. The summed E-state index contributed by atoms with van der Waals surface area (Å²) in [5, 5.41) is 3.19. The number of hydrogen-bond donors (Lipinski definition) is 2. The van der Waals surface area contributed by atoms with Gasteiger partial charge in [0.1, 0.15) is 11.6 Å². The fourth-order valence-corrected chi connectivity index (χ4v) is 4.28. The Morgan fingerprint density at radius 1 is 1.22 bits per heavy atom. The fraction of sp³-hybridized carbons (Fsp3) is 0.346. The largest absolute Gasteiger partial charge is 0.417 e. The van der Waals surface area contributed by atoms with Crippen LogP contribution in [0.1, 0.15) is 40.8 Å². The maximum Gasteiger partial charge on any atom is 0.417 e. The molecule has 6 nitrogen and oxygen atoms in total. The third kappa shape index (κ3) is 6.02. The summed E-state index contributed by atoms with van der Waals surface area (Å²) in [6, 6.07) is 8.94. The minimum absolute atomic E-state index is 0.114. The molecule has 1 aromatic heterocycles. The number of aromatic nitrogens is 2. The summed E-state index contributed by atoms with van der Waals surface area (Å²) in [5.74, 6) is -2.43. The van der Waals surface area contributed by atoms with Gasteiger partial charge in [-0.15, -0.1) is 0 Å². The van der Waals surface area contributed by atoms with Crippen LogP contribution < -0.4 is 10.9 Å². The van der Waals surface area contributed by atoms with Gasteiger partial charge in [-0.1, -0.05) is 29.8 Å². The van der Waals surface area contributed by atoms with Crippen molar-refractivity contribution in [3.63, 3.8) is 0 Å². The van der Waals surface area contributed by atoms with Gasteiger partial charge in [-0.2, -0.15) is 13.2 Å². The van der Waals surface area contributed by atoms with Gasteiger partial charge in [0.05, 0.1) is 23.8 Å². The normalized spacial score (nSPS) is 17.4. The Hall–Kier alpha value is -3.24. The average molecular weight is 538 g/mol. The lowest BCUT2D eigenvalue weighted by molar-refractivity contribution is -0.137. The molecule has 1 amide bonds. The molecule has 0 unspecified atom stereocenters. The minimum Gasteiger partial charge on any atom is -0.373 e. The highest BCUT2D eigenvalue weighted by atomic mass is 35.5. The van der Waals surface area contributed by atoms with Crippen molar-refractivity contribution in [2.45, 2.75) is 52.1 Å². The van der Waals surface area contributed by atoms with Crippen LogP contribution in [0, 0.1) is 25.6 Å². The van der Waals surface area contributed by atoms with Gasteiger partial charge < -0.3 is 15.0 Å². The van der Waals surface area contributed by atoms with Crippen molar-refractivity contribution in [1.82, 2.24) is 15.3 Å². The van der Waals surface area contributed by atoms with Crippen molar-refractivity contribution in [3.05, 3.63) is 85.5 Å². The van der Waals surface area contributed by atoms with E-state index in [0.29, 0.717) is 24.5 Å². The van der Waals surface area contributed by atoms with Crippen LogP contribution in [0.2, 0.25) is 5.02 Å². The van der Waals surface area contributed by atoms with Gasteiger partial charge in [0, 0.05) is 34.3 Å². The van der Waals surface area contributed by atoms with Crippen molar-refractivity contribution in [2.75, 3.05) is 0 Å². The molecule has 11 heteroatoms. The number of nitrogens with one attached hydrogen (secondary N) is 2. The summed E-state index contributed by atoms with van der Waals surface area (Å²) in [5.41, 5.74) is -1.65. The zero-order valence-corrected chi connectivity index (χ0v) is 20.8. The average Bonchev–Trinajstić information content (AvgIpc) is 2.79. The van der Waals surface area contributed by atoms with Crippen LogP contribution in [-0.2, 0) is 28.9 Å². The zero-order chi connectivity index (χ0) is 26.9. The van der Waals surface area contributed by atoms with E-state index in [1.54, 1.807) is 12.1 Å². The molecule has 0 aliphatic heterocycles. The van der Waals surface area contributed by atoms with Crippen LogP contribution in [0.3, 0.4) is 0 Å². The smallest absolute Gasteiger partial charge is 0.373 e. The Kier molecular flexibility index (Phi) is 7.70. The van der Waals surface area contributed by atoms with E-state index in [9.17, 15) is 22.8 Å². The molecule has 1 aliphatic rings. The quantitative estimate of drug-likeness (QED) is 0.391. The summed E-state index contributed by atoms with van der Waals surface area (Å²) in [6.45, 7) is 2.95. The molecule has 3 aromatic rings. The molecule has 0 spiro atoms. The molecule has 0 saturated heterocycles. The molecule has 1 heterocycles. The lowest BCUT2D eigenvalue weighted by atomic mass is 9.81. The molecule has 0 radical (unpaired) electrons. The number of carbonyl (C=O) groups is 1. The van der Waals surface area contributed by atoms with E-state index < -0.39 is 34.5 Å². The van der Waals surface area contributed by atoms with Crippen LogP contribution in [-0.4, -0.2) is 22.0 Å². The molecule has 1 fully saturated rings. The first-order valence-corrected chi connectivity index (χ1v) is 11.9. The van der Waals surface area contributed by atoms with Crippen molar-refractivity contribution in [1.29, 1.82) is 0 Å². The number of hydrogen-bond acceptors (Lipinski definition) is 4. The molecule has 1 aliphatic carbocycles. The minimum atomic E-state index is -4.89. The summed E-state index contributed by atoms with van der Waals surface area (Å²) < 4.78 is 62.1. The molecule has 1 saturated carbocycles. The highest BCUT2D eigenvalue weighted by Gasteiger charge is 2.38. The second kappa shape index (κ2) is 10.6. The van der Waals surface area contributed by atoms with E-state index in [0.717, 1.165) is 17.7 Å². The highest BCUT2D eigenvalue weighted by Crippen LogP contribution is 2.38. The number of nitrogens with zero attached hydrogens (tertiary/aromatic N) is 1. The molecular formula is C26H24ClF4N3O3. The molecule has 2 aromatic carbocycles. The number of rotatable bonds is 7. The Labute approximate surface area is 215 Å². The van der Waals surface area contributed by atoms with E-state index in [1.807, 2.05) is 12.1 Å². The second-order valence-corrected chi connectivity index (χ2v) is 9.47. The molecule has 0 atom stereocenters. The first-order chi connectivity index (χ1) is 17.4. The Bertz CT molecular complexity index is 1380. The predicted octanol–water partition coefficient (Wildman–Crippen LogP) is 5.48. The van der Waals surface area contributed by atoms with Crippen molar-refractivity contribution < 1.29 is 27.1 Å². The van der Waals surface area contributed by atoms with Gasteiger partial charge in [0.25, 0.3) is 5.56 Å². The monoisotopic (exact) mass is 537 g/mol. The molecule has 4 rings (SSSR count). The molecule has 2 N–H and O–H groups in total. The van der Waals surface area contributed by atoms with E-state index in [4.69, 9.17) is 16.3 Å². The first-order valence-electron chi connectivity index (χ1n) is 11.5. The zero-order valence-electron chi connectivity index (χ0n) is 20.0. The van der Waals surface area contributed by atoms with Gasteiger partial charge in [-0.3, -0.25) is 9.59 Å². The number of amides is 1. The predicted molar refractivity (Wildman–Crippen MR) is 129 cm³/mol. The SMILES string of the molecule is Cc1nc(-c2c(C(F)(F)F)ccc(CNC(=O)C3CC(OCc4cccc(Cl)c4)C3)c2F)[nH]c(=O)c1C. The number of carbonyl (C=O) groups excluding carboxylic acids is 1. The number of benzene rings is 2. The number of aryl methyl sites for hydroxylation is 1. The van der Waals surface area contributed by atoms with E-state index >= 15 is 4.39 Å². The third-order valence-corrected chi connectivity index (χ3v) is 6.69. The topological polar surface area (TPSA) is 84.1 Å². The second-order valence-electron chi connectivity index (χ2n) is 9.03. The van der Waals surface area contributed by atoms with Crippen LogP contribution in [0.4, 0.5) is 17.6 Å². The number of halogens is 5. The number of aromatic amines is 1. The summed E-state index contributed by atoms with van der Waals surface area (Å²) in [6.07, 6.45) is -4.06. The molecular weight excluding hydrogens is 514 g/mol. The maximum atomic E-state index is 15.4. The number of alkyl halides is 3. The van der Waals surface area contributed by atoms with Gasteiger partial charge in [0.15, 0.2) is 0 Å². The van der Waals surface area contributed by atoms with Gasteiger partial charge in [0.2, 0.25) is 5.91 Å². The van der Waals surface area contributed by atoms with Crippen LogP contribution in [0.15, 0.2) is 41.2 Å². The Morgan fingerprint density at radius 2 is 1.95 bits per heavy atom. The van der Waals surface area contributed by atoms with E-state index in [-0.39, 0.29) is 41.3 Å². The number of ether oxygens (including phenoxy) is 1. The maximum absolute atomic E-state index is 15.4. The molecule has 0 bridgehead atoms. The van der Waals surface area contributed by atoms with Gasteiger partial charge in [-0.05, 0) is 50.5 Å². The van der Waals surface area contributed by atoms with Crippen LogP contribution >= 0.6 is 11.6 Å². The van der Waals surface area contributed by atoms with Crippen molar-refractivity contribution in [2.24, 2.45) is 5.92 Å². The van der Waals surface area contributed by atoms with Crippen molar-refractivity contribution in [3.8, 4) is 11.4 Å². The van der Waals surface area contributed by atoms with E-state index in [1.165, 1.54) is 13.8 Å². The molecule has 196 valence electrons. The lowest BCUT2D eigenvalue weighted by Gasteiger charge is -2.34. The Balaban J connectivity index is 1.43. The van der Waals surface area contributed by atoms with Crippen molar-refractivity contribution >= 4 is 17.5 Å². The van der Waals surface area contributed by atoms with Gasteiger partial charge >= 0.3 is 6.18 Å². The van der Waals surface area contributed by atoms with Crippen LogP contribution in [0.5, 0.6) is 0 Å². The van der Waals surface area contributed by atoms with E-state index in [2.05, 4.69) is 15.3 Å². The highest BCUT2D eigenvalue weighted by molar-refractivity contribution is 6.30. The fourth-order valence-electron chi connectivity index (χ4n) is 4.07. The lowest BCUT2D eigenvalue weighted by Crippen LogP contribution is -2.42. The Morgan fingerprint density at radius 3 is 2.59 bits per heavy atom.